The van der Waals surface area contributed by atoms with Gasteiger partial charge in [-0.3, -0.25) is 9.59 Å². The number of ketones is 1. The third-order valence-electron chi connectivity index (χ3n) is 7.43. The fraction of sp³-hybridized carbons (Fsp3) is 0.364. The molecule has 4 rings (SSSR count). The van der Waals surface area contributed by atoms with Crippen LogP contribution in [0.15, 0.2) is 78.9 Å². The van der Waals surface area contributed by atoms with Crippen molar-refractivity contribution < 1.29 is 33.3 Å². The summed E-state index contributed by atoms with van der Waals surface area (Å²) < 4.78 is 23.4. The normalized spacial score (nSPS) is 16.7. The predicted octanol–water partition coefficient (Wildman–Crippen LogP) is 4.91. The van der Waals surface area contributed by atoms with Gasteiger partial charge in [-0.1, -0.05) is 54.6 Å². The van der Waals surface area contributed by atoms with Crippen LogP contribution >= 0.6 is 0 Å². The molecule has 0 unspecified atom stereocenters. The van der Waals surface area contributed by atoms with Gasteiger partial charge in [-0.15, -0.1) is 0 Å². The van der Waals surface area contributed by atoms with Gasteiger partial charge in [0.1, 0.15) is 29.0 Å². The van der Waals surface area contributed by atoms with Gasteiger partial charge in [-0.2, -0.15) is 0 Å². The summed E-state index contributed by atoms with van der Waals surface area (Å²) in [6.45, 7) is 3.41. The van der Waals surface area contributed by atoms with E-state index in [0.29, 0.717) is 6.42 Å². The Morgan fingerprint density at radius 1 is 0.780 bits per heavy atom. The highest BCUT2D eigenvalue weighted by Gasteiger charge is 2.42. The Morgan fingerprint density at radius 3 is 1.80 bits per heavy atom. The van der Waals surface area contributed by atoms with Gasteiger partial charge < -0.3 is 28.6 Å². The molecule has 1 fully saturated rings. The Bertz CT molecular complexity index is 1270. The second-order valence-corrected chi connectivity index (χ2v) is 10.2. The first-order valence-electron chi connectivity index (χ1n) is 13.7. The third kappa shape index (κ3) is 6.95. The monoisotopic (exact) mass is 559 g/mol. The number of carbonyl (C=O) groups is 3. The SMILES string of the molecule is COc1ccc(C(OC[C@@H]2C[C@@H](OC(=O)CCC(C)=O)CN2C(C)=O)(c2ccccc2)c2ccc(OC)cc2)cc1. The number of nitrogens with zero attached hydrogens (tertiary/aromatic N) is 1. The zero-order valence-electron chi connectivity index (χ0n) is 24.0. The van der Waals surface area contributed by atoms with Crippen LogP contribution in [0.1, 0.15) is 49.8 Å². The number of likely N-dealkylation sites (tertiary alicyclic amines) is 1. The lowest BCUT2D eigenvalue weighted by Crippen LogP contribution is -2.41. The Kier molecular flexibility index (Phi) is 9.78. The molecular weight excluding hydrogens is 522 g/mol. The molecule has 1 heterocycles. The first-order chi connectivity index (χ1) is 19.8. The molecule has 0 aliphatic carbocycles. The Balaban J connectivity index is 1.70. The van der Waals surface area contributed by atoms with Crippen molar-refractivity contribution in [2.75, 3.05) is 27.4 Å². The number of rotatable bonds is 12. The van der Waals surface area contributed by atoms with Gasteiger partial charge >= 0.3 is 5.97 Å². The first kappa shape index (κ1) is 29.8. The van der Waals surface area contributed by atoms with E-state index in [1.165, 1.54) is 13.8 Å². The van der Waals surface area contributed by atoms with Crippen molar-refractivity contribution >= 4 is 17.7 Å². The minimum Gasteiger partial charge on any atom is -0.497 e. The molecule has 0 spiro atoms. The molecule has 1 aliphatic rings. The Morgan fingerprint density at radius 2 is 1.32 bits per heavy atom. The average molecular weight is 560 g/mol. The molecule has 216 valence electrons. The summed E-state index contributed by atoms with van der Waals surface area (Å²) in [6, 6.07) is 25.1. The highest BCUT2D eigenvalue weighted by Crippen LogP contribution is 2.42. The predicted molar refractivity (Wildman–Crippen MR) is 154 cm³/mol. The molecule has 0 N–H and O–H groups in total. The highest BCUT2D eigenvalue weighted by atomic mass is 16.5. The molecule has 1 aliphatic heterocycles. The lowest BCUT2D eigenvalue weighted by molar-refractivity contribution is -0.150. The number of Topliss-reactive ketones (excluding diaryl/α,β-unsaturated/α-hetero) is 1. The average Bonchev–Trinajstić information content (AvgIpc) is 3.40. The zero-order chi connectivity index (χ0) is 29.4. The Labute approximate surface area is 241 Å². The molecule has 3 aromatic carbocycles. The molecule has 0 saturated carbocycles. The van der Waals surface area contributed by atoms with E-state index >= 15 is 0 Å². The van der Waals surface area contributed by atoms with E-state index in [1.54, 1.807) is 19.1 Å². The smallest absolute Gasteiger partial charge is 0.306 e. The number of ether oxygens (including phenoxy) is 4. The second kappa shape index (κ2) is 13.5. The molecule has 3 aromatic rings. The van der Waals surface area contributed by atoms with Crippen LogP contribution in [0.25, 0.3) is 0 Å². The van der Waals surface area contributed by atoms with Gasteiger partial charge in [-0.05, 0) is 47.9 Å². The summed E-state index contributed by atoms with van der Waals surface area (Å²) in [7, 11) is 3.25. The number of esters is 1. The summed E-state index contributed by atoms with van der Waals surface area (Å²) >= 11 is 0. The van der Waals surface area contributed by atoms with Crippen molar-refractivity contribution in [1.82, 2.24) is 4.90 Å². The molecule has 0 bridgehead atoms. The topological polar surface area (TPSA) is 91.4 Å². The molecule has 2 atom stereocenters. The van der Waals surface area contributed by atoms with E-state index in [2.05, 4.69) is 0 Å². The van der Waals surface area contributed by atoms with Gasteiger partial charge in [0, 0.05) is 19.8 Å². The van der Waals surface area contributed by atoms with Crippen molar-refractivity contribution in [1.29, 1.82) is 0 Å². The molecule has 1 amide bonds. The largest absolute Gasteiger partial charge is 0.497 e. The van der Waals surface area contributed by atoms with Crippen LogP contribution in [0.4, 0.5) is 0 Å². The van der Waals surface area contributed by atoms with Crippen LogP contribution in [0.3, 0.4) is 0 Å². The Hall–Kier alpha value is -4.17. The highest BCUT2D eigenvalue weighted by molar-refractivity contribution is 5.81. The zero-order valence-corrected chi connectivity index (χ0v) is 24.0. The molecule has 8 nitrogen and oxygen atoms in total. The summed E-state index contributed by atoms with van der Waals surface area (Å²) in [5.74, 6) is 0.807. The van der Waals surface area contributed by atoms with Crippen LogP contribution in [0, 0.1) is 0 Å². The van der Waals surface area contributed by atoms with E-state index in [9.17, 15) is 14.4 Å². The molecule has 0 radical (unpaired) electrons. The van der Waals surface area contributed by atoms with Crippen LogP contribution in [-0.2, 0) is 29.5 Å². The number of hydrogen-bond donors (Lipinski definition) is 0. The minimum atomic E-state index is -1.03. The second-order valence-electron chi connectivity index (χ2n) is 10.2. The summed E-state index contributed by atoms with van der Waals surface area (Å²) in [4.78, 5) is 38.0. The maximum absolute atomic E-state index is 12.6. The van der Waals surface area contributed by atoms with Crippen molar-refractivity contribution in [3.8, 4) is 11.5 Å². The molecule has 8 heteroatoms. The number of amides is 1. The van der Waals surface area contributed by atoms with Gasteiger partial charge in [0.2, 0.25) is 5.91 Å². The molecule has 1 saturated heterocycles. The van der Waals surface area contributed by atoms with Crippen molar-refractivity contribution in [3.05, 3.63) is 95.6 Å². The van der Waals surface area contributed by atoms with Crippen molar-refractivity contribution in [3.63, 3.8) is 0 Å². The lowest BCUT2D eigenvalue weighted by Gasteiger charge is -2.37. The minimum absolute atomic E-state index is 0.0269. The first-order valence-corrected chi connectivity index (χ1v) is 13.7. The van der Waals surface area contributed by atoms with Gasteiger partial charge in [0.25, 0.3) is 0 Å². The van der Waals surface area contributed by atoms with E-state index < -0.39 is 17.7 Å². The van der Waals surface area contributed by atoms with Crippen LogP contribution in [0.5, 0.6) is 11.5 Å². The van der Waals surface area contributed by atoms with Gasteiger partial charge in [0.15, 0.2) is 0 Å². The van der Waals surface area contributed by atoms with E-state index in [0.717, 1.165) is 28.2 Å². The summed E-state index contributed by atoms with van der Waals surface area (Å²) in [5.41, 5.74) is 1.65. The van der Waals surface area contributed by atoms with Crippen LogP contribution in [-0.4, -0.2) is 62.1 Å². The van der Waals surface area contributed by atoms with Crippen LogP contribution in [0.2, 0.25) is 0 Å². The molecule has 0 aromatic heterocycles. The van der Waals surface area contributed by atoms with Crippen LogP contribution < -0.4 is 9.47 Å². The number of hydrogen-bond acceptors (Lipinski definition) is 7. The lowest BCUT2D eigenvalue weighted by atomic mass is 9.80. The molecular formula is C33H37NO7. The number of carbonyl (C=O) groups excluding carboxylic acids is 3. The quantitative estimate of drug-likeness (QED) is 0.230. The standard InChI is InChI=1S/C33H37NO7/c1-23(35)10-19-32(37)41-31-20-28(34(21-31)24(2)36)22-40-33(25-8-6-5-7-9-25,26-11-15-29(38-3)16-12-26)27-13-17-30(39-4)18-14-27/h5-9,11-18,28,31H,10,19-22H2,1-4H3/t28-,31+/m0/s1. The number of benzene rings is 3. The maximum Gasteiger partial charge on any atom is 0.306 e. The van der Waals surface area contributed by atoms with Crippen molar-refractivity contribution in [2.45, 2.75) is 50.9 Å². The fourth-order valence-corrected chi connectivity index (χ4v) is 5.32. The summed E-state index contributed by atoms with van der Waals surface area (Å²) in [5, 5.41) is 0. The summed E-state index contributed by atoms with van der Waals surface area (Å²) in [6.07, 6.45) is 0.124. The maximum atomic E-state index is 12.6. The fourth-order valence-electron chi connectivity index (χ4n) is 5.32. The number of methoxy groups -OCH3 is 2. The van der Waals surface area contributed by atoms with Crippen molar-refractivity contribution in [2.24, 2.45) is 0 Å². The van der Waals surface area contributed by atoms with Gasteiger partial charge in [-0.25, -0.2) is 0 Å². The molecule has 41 heavy (non-hydrogen) atoms. The van der Waals surface area contributed by atoms with E-state index in [-0.39, 0.29) is 43.7 Å². The van der Waals surface area contributed by atoms with Gasteiger partial charge in [0.05, 0.1) is 39.8 Å². The third-order valence-corrected chi connectivity index (χ3v) is 7.43. The van der Waals surface area contributed by atoms with E-state index in [1.807, 2.05) is 78.9 Å². The van der Waals surface area contributed by atoms with E-state index in [4.69, 9.17) is 18.9 Å².